The van der Waals surface area contributed by atoms with Crippen molar-refractivity contribution in [2.45, 2.75) is 6.18 Å². The van der Waals surface area contributed by atoms with Crippen molar-refractivity contribution >= 4 is 33.3 Å². The third-order valence-electron chi connectivity index (χ3n) is 1.83. The molecule has 0 heterocycles. The molecule has 0 unspecified atom stereocenters. The summed E-state index contributed by atoms with van der Waals surface area (Å²) in [6, 6.07) is 1.90. The van der Waals surface area contributed by atoms with E-state index in [2.05, 4.69) is 15.9 Å². The number of Topliss-reactive ketones (excluding diaryl/α,β-unsaturated/α-hetero) is 1. The average Bonchev–Trinajstić information content (AvgIpc) is 2.14. The molecule has 1 rings (SSSR count). The van der Waals surface area contributed by atoms with E-state index in [1.165, 1.54) is 0 Å². The summed E-state index contributed by atoms with van der Waals surface area (Å²) in [5, 5.41) is 9.11. The monoisotopic (exact) mass is 316 g/mol. The van der Waals surface area contributed by atoms with Gasteiger partial charge in [0, 0.05) is 10.0 Å². The van der Waals surface area contributed by atoms with Crippen molar-refractivity contribution in [3.63, 3.8) is 0 Å². The number of carbonyl (C=O) groups excluding carboxylic acids is 1. The van der Waals surface area contributed by atoms with Gasteiger partial charge in [-0.2, -0.15) is 13.2 Å². The van der Waals surface area contributed by atoms with Crippen LogP contribution in [0.4, 0.5) is 13.2 Å². The van der Waals surface area contributed by atoms with Crippen molar-refractivity contribution in [1.29, 1.82) is 0 Å². The van der Waals surface area contributed by atoms with Crippen molar-refractivity contribution in [3.05, 3.63) is 27.7 Å². The Labute approximate surface area is 102 Å². The zero-order valence-electron chi connectivity index (χ0n) is 7.61. The van der Waals surface area contributed by atoms with Crippen molar-refractivity contribution < 1.29 is 23.1 Å². The average molecular weight is 317 g/mol. The van der Waals surface area contributed by atoms with Gasteiger partial charge in [0.2, 0.25) is 0 Å². The minimum Gasteiger partial charge on any atom is -0.507 e. The predicted molar refractivity (Wildman–Crippen MR) is 55.9 cm³/mol. The van der Waals surface area contributed by atoms with Crippen LogP contribution < -0.4 is 0 Å². The second kappa shape index (κ2) is 4.63. The quantitative estimate of drug-likeness (QED) is 0.668. The minimum absolute atomic E-state index is 0.208. The van der Waals surface area contributed by atoms with Crippen molar-refractivity contribution in [3.8, 4) is 5.75 Å². The standard InChI is InChI=1S/C9H5BrClF3O2/c10-8-4(6(16)3-11)1-2-5(15)7(8)9(12,13)14/h1-2,15H,3H2. The van der Waals surface area contributed by atoms with Crippen LogP contribution >= 0.6 is 27.5 Å². The maximum Gasteiger partial charge on any atom is 0.421 e. The lowest BCUT2D eigenvalue weighted by Gasteiger charge is -2.13. The third kappa shape index (κ3) is 2.49. The minimum atomic E-state index is -4.74. The van der Waals surface area contributed by atoms with Crippen LogP contribution in [0.1, 0.15) is 15.9 Å². The largest absolute Gasteiger partial charge is 0.507 e. The number of rotatable bonds is 2. The molecule has 0 fully saturated rings. The Morgan fingerprint density at radius 3 is 2.44 bits per heavy atom. The topological polar surface area (TPSA) is 37.3 Å². The van der Waals surface area contributed by atoms with Gasteiger partial charge >= 0.3 is 6.18 Å². The lowest BCUT2D eigenvalue weighted by atomic mass is 10.1. The molecule has 0 saturated heterocycles. The highest BCUT2D eigenvalue weighted by atomic mass is 79.9. The smallest absolute Gasteiger partial charge is 0.421 e. The second-order valence-electron chi connectivity index (χ2n) is 2.88. The van der Waals surface area contributed by atoms with Gasteiger partial charge in [-0.15, -0.1) is 11.6 Å². The number of aromatic hydroxyl groups is 1. The SMILES string of the molecule is O=C(CCl)c1ccc(O)c(C(F)(F)F)c1Br. The van der Waals surface area contributed by atoms with Crippen LogP contribution in [0.25, 0.3) is 0 Å². The Kier molecular flexibility index (Phi) is 3.85. The van der Waals surface area contributed by atoms with E-state index in [9.17, 15) is 18.0 Å². The normalized spacial score (nSPS) is 11.6. The summed E-state index contributed by atoms with van der Waals surface area (Å²) in [4.78, 5) is 11.2. The molecule has 0 atom stereocenters. The first kappa shape index (κ1) is 13.3. The van der Waals surface area contributed by atoms with Crippen LogP contribution in [-0.4, -0.2) is 16.8 Å². The maximum atomic E-state index is 12.5. The molecular weight excluding hydrogens is 312 g/mol. The summed E-state index contributed by atoms with van der Waals surface area (Å²) in [6.07, 6.45) is -4.74. The van der Waals surface area contributed by atoms with Crippen LogP contribution in [0.5, 0.6) is 5.75 Å². The molecule has 0 radical (unpaired) electrons. The molecule has 0 aliphatic heterocycles. The first-order valence-corrected chi connectivity index (χ1v) is 5.29. The molecule has 0 aliphatic carbocycles. The number of phenols is 1. The molecule has 88 valence electrons. The molecule has 0 aliphatic rings. The number of carbonyl (C=O) groups is 1. The number of hydrogen-bond acceptors (Lipinski definition) is 2. The Morgan fingerprint density at radius 1 is 1.44 bits per heavy atom. The molecule has 0 aromatic heterocycles. The molecule has 0 amide bonds. The zero-order chi connectivity index (χ0) is 12.5. The van der Waals surface area contributed by atoms with E-state index in [0.717, 1.165) is 12.1 Å². The molecular formula is C9H5BrClF3O2. The molecule has 1 N–H and O–H groups in total. The van der Waals surface area contributed by atoms with Gasteiger partial charge in [-0.05, 0) is 28.1 Å². The number of alkyl halides is 4. The molecule has 1 aromatic rings. The Balaban J connectivity index is 3.45. The van der Waals surface area contributed by atoms with E-state index >= 15 is 0 Å². The van der Waals surface area contributed by atoms with Gasteiger partial charge in [0.25, 0.3) is 0 Å². The van der Waals surface area contributed by atoms with Gasteiger partial charge < -0.3 is 5.11 Å². The summed E-state index contributed by atoms with van der Waals surface area (Å²) < 4.78 is 37.1. The Morgan fingerprint density at radius 2 is 2.00 bits per heavy atom. The number of hydrogen-bond donors (Lipinski definition) is 1. The molecule has 0 saturated carbocycles. The molecule has 0 bridgehead atoms. The van der Waals surface area contributed by atoms with E-state index < -0.39 is 33.6 Å². The number of phenolic OH excluding ortho intramolecular Hbond substituents is 1. The third-order valence-corrected chi connectivity index (χ3v) is 2.89. The van der Waals surface area contributed by atoms with Crippen LogP contribution in [-0.2, 0) is 6.18 Å². The summed E-state index contributed by atoms with van der Waals surface area (Å²) in [6.45, 7) is 0. The first-order chi connectivity index (χ1) is 7.29. The first-order valence-electron chi connectivity index (χ1n) is 3.97. The van der Waals surface area contributed by atoms with Crippen molar-refractivity contribution in [2.75, 3.05) is 5.88 Å². The van der Waals surface area contributed by atoms with Gasteiger partial charge in [-0.3, -0.25) is 4.79 Å². The fourth-order valence-electron chi connectivity index (χ4n) is 1.12. The van der Waals surface area contributed by atoms with Crippen LogP contribution in [0.2, 0.25) is 0 Å². The summed E-state index contributed by atoms with van der Waals surface area (Å²) in [7, 11) is 0. The van der Waals surface area contributed by atoms with Crippen molar-refractivity contribution in [2.24, 2.45) is 0 Å². The van der Waals surface area contributed by atoms with E-state index in [1.807, 2.05) is 0 Å². The fraction of sp³-hybridized carbons (Fsp3) is 0.222. The maximum absolute atomic E-state index is 12.5. The van der Waals surface area contributed by atoms with E-state index in [4.69, 9.17) is 16.7 Å². The fourth-order valence-corrected chi connectivity index (χ4v) is 2.05. The van der Waals surface area contributed by atoms with Gasteiger partial charge in [0.1, 0.15) is 11.3 Å². The number of benzene rings is 1. The van der Waals surface area contributed by atoms with E-state index in [0.29, 0.717) is 0 Å². The summed E-state index contributed by atoms with van der Waals surface area (Å²) in [5.41, 5.74) is -1.48. The summed E-state index contributed by atoms with van der Waals surface area (Å²) in [5.74, 6) is -2.02. The van der Waals surface area contributed by atoms with Gasteiger partial charge in [-0.1, -0.05) is 0 Å². The highest BCUT2D eigenvalue weighted by Gasteiger charge is 2.37. The van der Waals surface area contributed by atoms with Crippen LogP contribution in [0.15, 0.2) is 16.6 Å². The van der Waals surface area contributed by atoms with Gasteiger partial charge in [0.15, 0.2) is 5.78 Å². The molecule has 7 heteroatoms. The lowest BCUT2D eigenvalue weighted by Crippen LogP contribution is -2.10. The zero-order valence-corrected chi connectivity index (χ0v) is 9.95. The van der Waals surface area contributed by atoms with Crippen LogP contribution in [0, 0.1) is 0 Å². The molecule has 16 heavy (non-hydrogen) atoms. The molecule has 0 spiro atoms. The Hall–Kier alpha value is -0.750. The number of halogens is 5. The Bertz CT molecular complexity index is 431. The van der Waals surface area contributed by atoms with Gasteiger partial charge in [-0.25, -0.2) is 0 Å². The van der Waals surface area contributed by atoms with Crippen molar-refractivity contribution in [1.82, 2.24) is 0 Å². The predicted octanol–water partition coefficient (Wildman–Crippen LogP) is 3.60. The summed E-state index contributed by atoms with van der Waals surface area (Å²) >= 11 is 7.90. The molecule has 2 nitrogen and oxygen atoms in total. The molecule has 1 aromatic carbocycles. The van der Waals surface area contributed by atoms with E-state index in [1.54, 1.807) is 0 Å². The van der Waals surface area contributed by atoms with E-state index in [-0.39, 0.29) is 5.56 Å². The van der Waals surface area contributed by atoms with Gasteiger partial charge in [0.05, 0.1) is 5.88 Å². The van der Waals surface area contributed by atoms with Crippen LogP contribution in [0.3, 0.4) is 0 Å². The highest BCUT2D eigenvalue weighted by Crippen LogP contribution is 2.42. The second-order valence-corrected chi connectivity index (χ2v) is 3.94. The number of ketones is 1. The lowest BCUT2D eigenvalue weighted by molar-refractivity contribution is -0.139. The highest BCUT2D eigenvalue weighted by molar-refractivity contribution is 9.10.